The Balaban J connectivity index is 1.62. The third-order valence-corrected chi connectivity index (χ3v) is 7.58. The first-order valence-electron chi connectivity index (χ1n) is 12.4. The van der Waals surface area contributed by atoms with Crippen molar-refractivity contribution in [1.82, 2.24) is 4.90 Å². The number of cyclic esters (lactones) is 1. The second kappa shape index (κ2) is 9.37. The Morgan fingerprint density at radius 1 is 1.14 bits per heavy atom. The second-order valence-corrected chi connectivity index (χ2v) is 10.2. The molecule has 1 N–H and O–H groups in total. The molecule has 5 rings (SSSR count). The summed E-state index contributed by atoms with van der Waals surface area (Å²) in [6, 6.07) is 5.48. The summed E-state index contributed by atoms with van der Waals surface area (Å²) in [5, 5.41) is 10.3. The quantitative estimate of drug-likeness (QED) is 0.472. The highest BCUT2D eigenvalue weighted by Crippen LogP contribution is 2.54. The number of likely N-dealkylation sites (tertiary alicyclic amines) is 1. The number of aliphatic hydroxyl groups excluding tert-OH is 1. The highest BCUT2D eigenvalue weighted by molar-refractivity contribution is 6.05. The van der Waals surface area contributed by atoms with Crippen LogP contribution in [-0.2, 0) is 23.9 Å². The molecule has 4 aliphatic heterocycles. The number of benzene rings is 1. The minimum absolute atomic E-state index is 0.114. The van der Waals surface area contributed by atoms with Crippen LogP contribution in [0.2, 0.25) is 0 Å². The lowest BCUT2D eigenvalue weighted by Gasteiger charge is -2.39. The molecule has 0 aromatic heterocycles. The van der Waals surface area contributed by atoms with Crippen molar-refractivity contribution < 1.29 is 33.7 Å². The summed E-state index contributed by atoms with van der Waals surface area (Å²) in [7, 11) is 1.57. The molecule has 2 saturated heterocycles. The molecule has 4 heterocycles. The second-order valence-electron chi connectivity index (χ2n) is 10.2. The van der Waals surface area contributed by atoms with E-state index in [0.29, 0.717) is 17.9 Å². The number of ether oxygens (including phenoxy) is 3. The average molecular weight is 497 g/mol. The number of nitrogens with zero attached hydrogens (tertiary/aromatic N) is 2. The monoisotopic (exact) mass is 496 g/mol. The van der Waals surface area contributed by atoms with E-state index in [9.17, 15) is 19.5 Å². The van der Waals surface area contributed by atoms with Crippen LogP contribution in [0.1, 0.15) is 20.3 Å². The zero-order valence-electron chi connectivity index (χ0n) is 20.7. The largest absolute Gasteiger partial charge is 0.497 e. The first-order chi connectivity index (χ1) is 17.3. The summed E-state index contributed by atoms with van der Waals surface area (Å²) in [5.74, 6) is -2.17. The van der Waals surface area contributed by atoms with Crippen molar-refractivity contribution in [2.75, 3.05) is 31.8 Å². The van der Waals surface area contributed by atoms with Crippen LogP contribution < -0.4 is 9.64 Å². The fourth-order valence-electron chi connectivity index (χ4n) is 6.12. The Morgan fingerprint density at radius 2 is 1.89 bits per heavy atom. The number of hydrogen-bond acceptors (Lipinski definition) is 7. The van der Waals surface area contributed by atoms with Crippen molar-refractivity contribution in [3.63, 3.8) is 0 Å². The highest BCUT2D eigenvalue weighted by Gasteiger charge is 2.72. The molecule has 1 aromatic carbocycles. The highest BCUT2D eigenvalue weighted by atomic mass is 16.6. The topological polar surface area (TPSA) is 106 Å². The number of aliphatic hydroxyl groups is 1. The van der Waals surface area contributed by atoms with Crippen LogP contribution >= 0.6 is 0 Å². The summed E-state index contributed by atoms with van der Waals surface area (Å²) >= 11 is 0. The zero-order valence-corrected chi connectivity index (χ0v) is 20.7. The van der Waals surface area contributed by atoms with E-state index in [2.05, 4.69) is 0 Å². The van der Waals surface area contributed by atoms with Gasteiger partial charge in [0.2, 0.25) is 5.91 Å². The Morgan fingerprint density at radius 3 is 2.56 bits per heavy atom. The van der Waals surface area contributed by atoms with E-state index in [-0.39, 0.29) is 37.5 Å². The van der Waals surface area contributed by atoms with Crippen molar-refractivity contribution in [3.05, 3.63) is 48.6 Å². The summed E-state index contributed by atoms with van der Waals surface area (Å²) in [6.07, 6.45) is 6.88. The Bertz CT molecular complexity index is 1100. The van der Waals surface area contributed by atoms with Crippen LogP contribution in [0, 0.1) is 17.8 Å². The molecule has 6 atom stereocenters. The van der Waals surface area contributed by atoms with E-state index in [4.69, 9.17) is 14.2 Å². The van der Waals surface area contributed by atoms with Gasteiger partial charge in [-0.3, -0.25) is 14.4 Å². The maximum absolute atomic E-state index is 14.3. The predicted octanol–water partition coefficient (Wildman–Crippen LogP) is 1.70. The van der Waals surface area contributed by atoms with Gasteiger partial charge in [-0.1, -0.05) is 32.1 Å². The number of rotatable bonds is 6. The fourth-order valence-corrected chi connectivity index (χ4v) is 6.12. The normalized spacial score (nSPS) is 32.1. The molecule has 1 aromatic rings. The zero-order chi connectivity index (χ0) is 25.6. The summed E-state index contributed by atoms with van der Waals surface area (Å²) in [6.45, 7) is 4.08. The number of methoxy groups -OCH3 is 1. The third-order valence-electron chi connectivity index (χ3n) is 7.58. The van der Waals surface area contributed by atoms with Crippen LogP contribution in [0.5, 0.6) is 5.75 Å². The van der Waals surface area contributed by atoms with Crippen molar-refractivity contribution >= 4 is 23.5 Å². The number of anilines is 1. The predicted molar refractivity (Wildman–Crippen MR) is 130 cm³/mol. The molecule has 2 fully saturated rings. The summed E-state index contributed by atoms with van der Waals surface area (Å²) in [5.41, 5.74) is -0.704. The average Bonchev–Trinajstić information content (AvgIpc) is 3.17. The van der Waals surface area contributed by atoms with E-state index in [0.717, 1.165) is 0 Å². The minimum atomic E-state index is -1.35. The molecular formula is C27H32N2O7. The van der Waals surface area contributed by atoms with Crippen LogP contribution in [-0.4, -0.2) is 78.4 Å². The van der Waals surface area contributed by atoms with Gasteiger partial charge in [0.15, 0.2) is 0 Å². The standard InChI is InChI=1S/C27H32N2O7/c1-16(2)14-18(15-30)29-23-25(32)28(17-7-9-19(34-3)10-8-17)12-5-11-27(23)22(24(29)31)21-20(36-27)6-4-13-35-26(21)33/h4-11,16,18,20-23,30H,12-15H2,1-3H3/t18-,20+,21-,22+,23?,27+/m1/s1. The van der Waals surface area contributed by atoms with Gasteiger partial charge in [-0.25, -0.2) is 0 Å². The smallest absolute Gasteiger partial charge is 0.313 e. The van der Waals surface area contributed by atoms with Crippen molar-refractivity contribution in [2.24, 2.45) is 17.8 Å². The molecular weight excluding hydrogens is 464 g/mol. The molecule has 192 valence electrons. The molecule has 0 saturated carbocycles. The maximum Gasteiger partial charge on any atom is 0.313 e. The van der Waals surface area contributed by atoms with E-state index < -0.39 is 41.6 Å². The van der Waals surface area contributed by atoms with E-state index in [1.54, 1.807) is 54.5 Å². The van der Waals surface area contributed by atoms with Gasteiger partial charge in [-0.2, -0.15) is 0 Å². The van der Waals surface area contributed by atoms with E-state index in [1.807, 2.05) is 19.9 Å². The Labute approximate surface area is 210 Å². The molecule has 4 aliphatic rings. The van der Waals surface area contributed by atoms with Gasteiger partial charge in [0, 0.05) is 12.2 Å². The lowest BCUT2D eigenvalue weighted by molar-refractivity contribution is -0.153. The molecule has 0 radical (unpaired) electrons. The first kappa shape index (κ1) is 24.5. The van der Waals surface area contributed by atoms with Crippen LogP contribution in [0.3, 0.4) is 0 Å². The molecule has 1 spiro atoms. The molecule has 36 heavy (non-hydrogen) atoms. The number of hydrogen-bond donors (Lipinski definition) is 1. The first-order valence-corrected chi connectivity index (χ1v) is 12.4. The van der Waals surface area contributed by atoms with Gasteiger partial charge in [0.25, 0.3) is 5.91 Å². The molecule has 1 unspecified atom stereocenters. The van der Waals surface area contributed by atoms with Crippen molar-refractivity contribution in [1.29, 1.82) is 0 Å². The third kappa shape index (κ3) is 3.72. The van der Waals surface area contributed by atoms with Crippen molar-refractivity contribution in [3.8, 4) is 5.75 Å². The van der Waals surface area contributed by atoms with Gasteiger partial charge in [-0.05, 0) is 42.7 Å². The van der Waals surface area contributed by atoms with Crippen molar-refractivity contribution in [2.45, 2.75) is 44.1 Å². The van der Waals surface area contributed by atoms with Gasteiger partial charge in [-0.15, -0.1) is 0 Å². The van der Waals surface area contributed by atoms with Crippen LogP contribution in [0.4, 0.5) is 5.69 Å². The number of esters is 1. The SMILES string of the molecule is COc1ccc(N2CC=C[C@]34O[C@H]5C=CCOC(=O)[C@H]5[C@H]3C(=O)N([C@@H](CO)CC(C)C)C4C2=O)cc1. The van der Waals surface area contributed by atoms with Gasteiger partial charge in [0.05, 0.1) is 31.8 Å². The molecule has 0 bridgehead atoms. The number of carbonyl (C=O) groups is 3. The van der Waals surface area contributed by atoms with Crippen LogP contribution in [0.25, 0.3) is 0 Å². The number of carbonyl (C=O) groups excluding carboxylic acids is 3. The fraction of sp³-hybridized carbons (Fsp3) is 0.519. The summed E-state index contributed by atoms with van der Waals surface area (Å²) < 4.78 is 17.1. The van der Waals surface area contributed by atoms with E-state index >= 15 is 0 Å². The Kier molecular flexibility index (Phi) is 6.38. The molecule has 2 amide bonds. The summed E-state index contributed by atoms with van der Waals surface area (Å²) in [4.78, 5) is 44.5. The molecule has 9 heteroatoms. The molecule has 0 aliphatic carbocycles. The number of amides is 2. The Hall–Kier alpha value is -3.17. The number of fused-ring (bicyclic) bond motifs is 2. The van der Waals surface area contributed by atoms with Crippen LogP contribution in [0.15, 0.2) is 48.6 Å². The maximum atomic E-state index is 14.3. The lowest BCUT2D eigenvalue weighted by atomic mass is 9.78. The van der Waals surface area contributed by atoms with Gasteiger partial charge in [0.1, 0.15) is 29.9 Å². The minimum Gasteiger partial charge on any atom is -0.497 e. The molecule has 9 nitrogen and oxygen atoms in total. The van der Waals surface area contributed by atoms with Gasteiger partial charge < -0.3 is 29.1 Å². The lowest BCUT2D eigenvalue weighted by Crippen LogP contribution is -2.58. The van der Waals surface area contributed by atoms with Gasteiger partial charge >= 0.3 is 5.97 Å². The van der Waals surface area contributed by atoms with E-state index in [1.165, 1.54) is 4.90 Å².